The molecule has 0 spiro atoms. The second-order valence-electron chi connectivity index (χ2n) is 5.19. The van der Waals surface area contributed by atoms with Crippen LogP contribution in [0.15, 0.2) is 18.3 Å². The predicted molar refractivity (Wildman–Crippen MR) is 80.7 cm³/mol. The lowest BCUT2D eigenvalue weighted by Gasteiger charge is -2.15. The third-order valence-electron chi connectivity index (χ3n) is 3.29. The summed E-state index contributed by atoms with van der Waals surface area (Å²) < 4.78 is 5.24. The van der Waals surface area contributed by atoms with Crippen molar-refractivity contribution in [3.8, 4) is 0 Å². The Hall–Kier alpha value is -2.17. The normalized spacial score (nSPS) is 15.4. The van der Waals surface area contributed by atoms with Crippen LogP contribution in [0.2, 0.25) is 0 Å². The van der Waals surface area contributed by atoms with Gasteiger partial charge >= 0.3 is 5.97 Å². The summed E-state index contributed by atoms with van der Waals surface area (Å²) in [5.41, 5.74) is 1.81. The number of hydrogen-bond acceptors (Lipinski definition) is 4. The summed E-state index contributed by atoms with van der Waals surface area (Å²) in [5, 5.41) is 2.73. The van der Waals surface area contributed by atoms with Crippen molar-refractivity contribution < 1.29 is 14.3 Å². The predicted octanol–water partition coefficient (Wildman–Crippen LogP) is 2.71. The Bertz CT molecular complexity index is 567. The minimum Gasteiger partial charge on any atom is -0.460 e. The molecule has 1 unspecified atom stereocenters. The quantitative estimate of drug-likeness (QED) is 0.668. The zero-order chi connectivity index (χ0) is 15.2. The van der Waals surface area contributed by atoms with Crippen LogP contribution in [0.3, 0.4) is 0 Å². The van der Waals surface area contributed by atoms with Gasteiger partial charge in [-0.15, -0.1) is 0 Å². The highest BCUT2D eigenvalue weighted by Gasteiger charge is 2.15. The van der Waals surface area contributed by atoms with Gasteiger partial charge in [0, 0.05) is 18.7 Å². The van der Waals surface area contributed by atoms with Gasteiger partial charge in [0.15, 0.2) is 0 Å². The molecule has 0 fully saturated rings. The summed E-state index contributed by atoms with van der Waals surface area (Å²) >= 11 is 0. The van der Waals surface area contributed by atoms with Crippen molar-refractivity contribution >= 4 is 23.8 Å². The molecular formula is C16H20N2O3. The molecule has 1 aliphatic heterocycles. The highest BCUT2D eigenvalue weighted by molar-refractivity contribution is 5.93. The van der Waals surface area contributed by atoms with Crippen molar-refractivity contribution in [2.45, 2.75) is 45.6 Å². The van der Waals surface area contributed by atoms with Crippen LogP contribution in [0.25, 0.3) is 6.08 Å². The van der Waals surface area contributed by atoms with Crippen molar-refractivity contribution in [1.82, 2.24) is 4.98 Å². The minimum atomic E-state index is -0.345. The Morgan fingerprint density at radius 2 is 2.33 bits per heavy atom. The van der Waals surface area contributed by atoms with E-state index in [1.807, 2.05) is 13.0 Å². The van der Waals surface area contributed by atoms with E-state index in [4.69, 9.17) is 4.74 Å². The molecule has 0 saturated carbocycles. The lowest BCUT2D eigenvalue weighted by Crippen LogP contribution is -2.20. The lowest BCUT2D eigenvalue weighted by atomic mass is 10.0. The standard InChI is InChI=1S/C16H20N2O3/c1-3-4-11(2)21-15(20)8-5-12-9-13-6-7-14(19)18-16(13)17-10-12/h5,8-11H,3-4,6-7H2,1-2H3,(H,17,18,19)/b8-5+. The van der Waals surface area contributed by atoms with Crippen LogP contribution in [0.4, 0.5) is 5.82 Å². The molecule has 0 bridgehead atoms. The molecule has 1 atom stereocenters. The van der Waals surface area contributed by atoms with Crippen LogP contribution in [0.1, 0.15) is 44.2 Å². The molecule has 1 N–H and O–H groups in total. The fourth-order valence-corrected chi connectivity index (χ4v) is 2.23. The summed E-state index contributed by atoms with van der Waals surface area (Å²) in [7, 11) is 0. The molecule has 1 amide bonds. The summed E-state index contributed by atoms with van der Waals surface area (Å²) in [5.74, 6) is 0.260. The molecule has 1 aromatic rings. The van der Waals surface area contributed by atoms with Gasteiger partial charge in [0.2, 0.25) is 5.91 Å². The van der Waals surface area contributed by atoms with Crippen LogP contribution in [-0.4, -0.2) is 23.0 Å². The SMILES string of the molecule is CCCC(C)OC(=O)/C=C/c1cnc2c(c1)CCC(=O)N2. The first-order valence-corrected chi connectivity index (χ1v) is 7.26. The number of pyridine rings is 1. The Morgan fingerprint density at radius 3 is 3.10 bits per heavy atom. The van der Waals surface area contributed by atoms with Crippen molar-refractivity contribution in [3.05, 3.63) is 29.5 Å². The number of aromatic nitrogens is 1. The van der Waals surface area contributed by atoms with E-state index in [1.165, 1.54) is 6.08 Å². The zero-order valence-corrected chi connectivity index (χ0v) is 12.4. The van der Waals surface area contributed by atoms with Gasteiger partial charge in [0.25, 0.3) is 0 Å². The van der Waals surface area contributed by atoms with E-state index in [2.05, 4.69) is 17.2 Å². The molecule has 1 aliphatic rings. The van der Waals surface area contributed by atoms with Gasteiger partial charge in [0.05, 0.1) is 6.10 Å². The lowest BCUT2D eigenvalue weighted by molar-refractivity contribution is -0.142. The van der Waals surface area contributed by atoms with Crippen molar-refractivity contribution in [1.29, 1.82) is 0 Å². The molecule has 0 saturated heterocycles. The Kier molecular flexibility index (Phi) is 5.09. The van der Waals surface area contributed by atoms with E-state index in [-0.39, 0.29) is 18.0 Å². The second kappa shape index (κ2) is 7.02. The first kappa shape index (κ1) is 15.2. The molecule has 112 valence electrons. The van der Waals surface area contributed by atoms with Gasteiger partial charge in [-0.3, -0.25) is 4.79 Å². The van der Waals surface area contributed by atoms with Crippen LogP contribution in [0.5, 0.6) is 0 Å². The summed E-state index contributed by atoms with van der Waals surface area (Å²) in [6, 6.07) is 1.93. The Morgan fingerprint density at radius 1 is 1.52 bits per heavy atom. The number of nitrogens with one attached hydrogen (secondary N) is 1. The number of anilines is 1. The molecule has 0 aliphatic carbocycles. The van der Waals surface area contributed by atoms with Crippen LogP contribution < -0.4 is 5.32 Å². The number of esters is 1. The highest BCUT2D eigenvalue weighted by Crippen LogP contribution is 2.21. The Labute approximate surface area is 124 Å². The molecule has 1 aromatic heterocycles. The number of amides is 1. The van der Waals surface area contributed by atoms with E-state index in [1.54, 1.807) is 12.3 Å². The van der Waals surface area contributed by atoms with E-state index < -0.39 is 0 Å². The van der Waals surface area contributed by atoms with E-state index in [0.717, 1.165) is 24.0 Å². The monoisotopic (exact) mass is 288 g/mol. The third kappa shape index (κ3) is 4.41. The van der Waals surface area contributed by atoms with E-state index >= 15 is 0 Å². The highest BCUT2D eigenvalue weighted by atomic mass is 16.5. The van der Waals surface area contributed by atoms with E-state index in [0.29, 0.717) is 18.7 Å². The number of fused-ring (bicyclic) bond motifs is 1. The van der Waals surface area contributed by atoms with Gasteiger partial charge in [0.1, 0.15) is 5.82 Å². The molecule has 5 heteroatoms. The number of aryl methyl sites for hydroxylation is 1. The molecule has 0 aromatic carbocycles. The number of carbonyl (C=O) groups excluding carboxylic acids is 2. The largest absolute Gasteiger partial charge is 0.460 e. The van der Waals surface area contributed by atoms with Crippen LogP contribution in [-0.2, 0) is 20.7 Å². The van der Waals surface area contributed by atoms with Gasteiger partial charge in [-0.2, -0.15) is 0 Å². The number of ether oxygens (including phenoxy) is 1. The summed E-state index contributed by atoms with van der Waals surface area (Å²) in [6.07, 6.45) is 7.65. The molecule has 5 nitrogen and oxygen atoms in total. The molecule has 0 radical (unpaired) electrons. The van der Waals surface area contributed by atoms with Gasteiger partial charge in [-0.1, -0.05) is 13.3 Å². The number of carbonyl (C=O) groups is 2. The zero-order valence-electron chi connectivity index (χ0n) is 12.4. The molecule has 2 rings (SSSR count). The average Bonchev–Trinajstić information content (AvgIpc) is 2.45. The van der Waals surface area contributed by atoms with Gasteiger partial charge in [-0.25, -0.2) is 9.78 Å². The maximum Gasteiger partial charge on any atom is 0.331 e. The average molecular weight is 288 g/mol. The number of hydrogen-bond donors (Lipinski definition) is 1. The minimum absolute atomic E-state index is 0.00761. The van der Waals surface area contributed by atoms with Crippen molar-refractivity contribution in [3.63, 3.8) is 0 Å². The summed E-state index contributed by atoms with van der Waals surface area (Å²) in [6.45, 7) is 3.94. The van der Waals surface area contributed by atoms with Crippen LogP contribution in [0, 0.1) is 0 Å². The topological polar surface area (TPSA) is 68.3 Å². The first-order chi connectivity index (χ1) is 10.1. The maximum absolute atomic E-state index is 11.6. The fourth-order valence-electron chi connectivity index (χ4n) is 2.23. The fraction of sp³-hybridized carbons (Fsp3) is 0.438. The molecule has 2 heterocycles. The third-order valence-corrected chi connectivity index (χ3v) is 3.29. The summed E-state index contributed by atoms with van der Waals surface area (Å²) in [4.78, 5) is 27.1. The number of nitrogens with zero attached hydrogens (tertiary/aromatic N) is 1. The van der Waals surface area contributed by atoms with Crippen molar-refractivity contribution in [2.24, 2.45) is 0 Å². The maximum atomic E-state index is 11.6. The van der Waals surface area contributed by atoms with Crippen molar-refractivity contribution in [2.75, 3.05) is 5.32 Å². The second-order valence-corrected chi connectivity index (χ2v) is 5.19. The number of rotatable bonds is 5. The van der Waals surface area contributed by atoms with E-state index in [9.17, 15) is 9.59 Å². The molecule has 21 heavy (non-hydrogen) atoms. The first-order valence-electron chi connectivity index (χ1n) is 7.26. The van der Waals surface area contributed by atoms with Gasteiger partial charge in [-0.05, 0) is 43.0 Å². The van der Waals surface area contributed by atoms with Gasteiger partial charge < -0.3 is 10.1 Å². The molecular weight excluding hydrogens is 268 g/mol. The Balaban J connectivity index is 1.98. The smallest absolute Gasteiger partial charge is 0.331 e. The van der Waals surface area contributed by atoms with Crippen LogP contribution >= 0.6 is 0 Å².